The highest BCUT2D eigenvalue weighted by Gasteiger charge is 2.11. The van der Waals surface area contributed by atoms with Crippen LogP contribution in [0, 0.1) is 0 Å². The summed E-state index contributed by atoms with van der Waals surface area (Å²) in [5.41, 5.74) is 1.27. The average molecular weight is 463 g/mol. The average Bonchev–Trinajstić information content (AvgIpc) is 2.81. The Morgan fingerprint density at radius 2 is 0.909 bits per heavy atom. The van der Waals surface area contributed by atoms with E-state index in [9.17, 15) is 0 Å². The summed E-state index contributed by atoms with van der Waals surface area (Å²) in [4.78, 5) is 2.40. The zero-order chi connectivity index (χ0) is 24.4. The second-order valence-electron chi connectivity index (χ2n) is 10.2. The third kappa shape index (κ3) is 21.4. The SMILES string of the molecule is C=C(CCCCCCCCCCCCC)N(CCCCCCC)C(=C)NCCCCCCC. The van der Waals surface area contributed by atoms with E-state index in [1.54, 1.807) is 0 Å². The van der Waals surface area contributed by atoms with E-state index < -0.39 is 0 Å². The van der Waals surface area contributed by atoms with Crippen LogP contribution in [0.5, 0.6) is 0 Å². The van der Waals surface area contributed by atoms with Crippen LogP contribution >= 0.6 is 0 Å². The fourth-order valence-electron chi connectivity index (χ4n) is 4.54. The van der Waals surface area contributed by atoms with E-state index in [-0.39, 0.29) is 0 Å². The van der Waals surface area contributed by atoms with Gasteiger partial charge in [-0.15, -0.1) is 0 Å². The number of rotatable bonds is 27. The molecule has 33 heavy (non-hydrogen) atoms. The van der Waals surface area contributed by atoms with Gasteiger partial charge in [-0.3, -0.25) is 0 Å². The van der Waals surface area contributed by atoms with Crippen LogP contribution in [0.4, 0.5) is 0 Å². The molecule has 0 aliphatic heterocycles. The molecule has 0 spiro atoms. The van der Waals surface area contributed by atoms with Crippen LogP contribution in [0.25, 0.3) is 0 Å². The first-order chi connectivity index (χ1) is 16.2. The van der Waals surface area contributed by atoms with Gasteiger partial charge in [0.05, 0.1) is 5.82 Å². The van der Waals surface area contributed by atoms with Crippen molar-refractivity contribution in [2.24, 2.45) is 0 Å². The molecular formula is C31H62N2. The Kier molecular flexibility index (Phi) is 25.0. The molecule has 0 unspecified atom stereocenters. The van der Waals surface area contributed by atoms with Crippen molar-refractivity contribution >= 4 is 0 Å². The van der Waals surface area contributed by atoms with Crippen LogP contribution in [0.1, 0.15) is 162 Å². The predicted octanol–water partition coefficient (Wildman–Crippen LogP) is 10.5. The van der Waals surface area contributed by atoms with Crippen LogP contribution in [-0.2, 0) is 0 Å². The van der Waals surface area contributed by atoms with Crippen LogP contribution in [0.15, 0.2) is 24.7 Å². The van der Waals surface area contributed by atoms with E-state index >= 15 is 0 Å². The maximum absolute atomic E-state index is 4.47. The molecule has 0 saturated heterocycles. The van der Waals surface area contributed by atoms with Crippen molar-refractivity contribution in [2.75, 3.05) is 13.1 Å². The smallest absolute Gasteiger partial charge is 0.0981 e. The van der Waals surface area contributed by atoms with Crippen molar-refractivity contribution in [3.8, 4) is 0 Å². The van der Waals surface area contributed by atoms with Crippen molar-refractivity contribution in [1.82, 2.24) is 10.2 Å². The van der Waals surface area contributed by atoms with Gasteiger partial charge in [0.2, 0.25) is 0 Å². The van der Waals surface area contributed by atoms with E-state index in [2.05, 4.69) is 44.1 Å². The maximum atomic E-state index is 4.47. The summed E-state index contributed by atoms with van der Waals surface area (Å²) in [7, 11) is 0. The lowest BCUT2D eigenvalue weighted by Crippen LogP contribution is -2.31. The van der Waals surface area contributed by atoms with Crippen LogP contribution in [-0.4, -0.2) is 18.0 Å². The lowest BCUT2D eigenvalue weighted by Gasteiger charge is -2.29. The molecule has 0 saturated carbocycles. The number of hydrogen-bond donors (Lipinski definition) is 1. The highest BCUT2D eigenvalue weighted by Crippen LogP contribution is 2.19. The quantitative estimate of drug-likeness (QED) is 0.122. The normalized spacial score (nSPS) is 11.0. The van der Waals surface area contributed by atoms with Gasteiger partial charge in [-0.25, -0.2) is 0 Å². The van der Waals surface area contributed by atoms with Crippen molar-refractivity contribution in [3.05, 3.63) is 24.7 Å². The molecule has 2 nitrogen and oxygen atoms in total. The number of nitrogens with zero attached hydrogens (tertiary/aromatic N) is 1. The van der Waals surface area contributed by atoms with Gasteiger partial charge in [0.15, 0.2) is 0 Å². The van der Waals surface area contributed by atoms with Gasteiger partial charge in [0, 0.05) is 18.8 Å². The van der Waals surface area contributed by atoms with Crippen LogP contribution in [0.2, 0.25) is 0 Å². The first-order valence-electron chi connectivity index (χ1n) is 15.0. The van der Waals surface area contributed by atoms with Crippen molar-refractivity contribution in [2.45, 2.75) is 162 Å². The summed E-state index contributed by atoms with van der Waals surface area (Å²) in [6, 6.07) is 0. The van der Waals surface area contributed by atoms with Gasteiger partial charge >= 0.3 is 0 Å². The van der Waals surface area contributed by atoms with Gasteiger partial charge < -0.3 is 10.2 Å². The molecule has 0 rings (SSSR count). The fourth-order valence-corrected chi connectivity index (χ4v) is 4.54. The van der Waals surface area contributed by atoms with Crippen molar-refractivity contribution < 1.29 is 0 Å². The summed E-state index contributed by atoms with van der Waals surface area (Å²) in [6.45, 7) is 17.8. The molecule has 0 aromatic carbocycles. The molecule has 196 valence electrons. The molecule has 0 aliphatic rings. The molecule has 0 aromatic heterocycles. The zero-order valence-electron chi connectivity index (χ0n) is 23.3. The summed E-state index contributed by atoms with van der Waals surface area (Å²) >= 11 is 0. The van der Waals surface area contributed by atoms with Crippen molar-refractivity contribution in [3.63, 3.8) is 0 Å². The lowest BCUT2D eigenvalue weighted by molar-refractivity contribution is 0.362. The second-order valence-corrected chi connectivity index (χ2v) is 10.2. The second kappa shape index (κ2) is 25.7. The molecular weight excluding hydrogens is 400 g/mol. The lowest BCUT2D eigenvalue weighted by atomic mass is 10.0. The molecule has 0 heterocycles. The van der Waals surface area contributed by atoms with Crippen LogP contribution in [0.3, 0.4) is 0 Å². The first kappa shape index (κ1) is 32.1. The van der Waals surface area contributed by atoms with Gasteiger partial charge in [0.25, 0.3) is 0 Å². The van der Waals surface area contributed by atoms with Gasteiger partial charge in [-0.05, 0) is 25.7 Å². The summed E-state index contributed by atoms with van der Waals surface area (Å²) in [6.07, 6.45) is 29.7. The van der Waals surface area contributed by atoms with E-state index in [4.69, 9.17) is 0 Å². The van der Waals surface area contributed by atoms with Gasteiger partial charge in [-0.1, -0.05) is 150 Å². The van der Waals surface area contributed by atoms with Crippen LogP contribution < -0.4 is 5.32 Å². The Labute approximate surface area is 210 Å². The Balaban J connectivity index is 4.11. The monoisotopic (exact) mass is 462 g/mol. The first-order valence-corrected chi connectivity index (χ1v) is 15.0. The Morgan fingerprint density at radius 3 is 1.39 bits per heavy atom. The topological polar surface area (TPSA) is 15.3 Å². The predicted molar refractivity (Wildman–Crippen MR) is 152 cm³/mol. The highest BCUT2D eigenvalue weighted by atomic mass is 15.2. The summed E-state index contributed by atoms with van der Waals surface area (Å²) < 4.78 is 0. The number of allylic oxidation sites excluding steroid dienone is 1. The Hall–Kier alpha value is -0.920. The Morgan fingerprint density at radius 1 is 0.515 bits per heavy atom. The van der Waals surface area contributed by atoms with E-state index in [0.717, 1.165) is 25.3 Å². The standard InChI is InChI=1S/C31H62N2/c1-6-9-12-15-16-17-18-19-20-21-24-27-30(4)33(29-26-23-14-11-8-3)31(5)32-28-25-22-13-10-7-2/h32H,4-29H2,1-3H3. The molecule has 0 atom stereocenters. The van der Waals surface area contributed by atoms with Crippen molar-refractivity contribution in [1.29, 1.82) is 0 Å². The number of hydrogen-bond acceptors (Lipinski definition) is 2. The zero-order valence-corrected chi connectivity index (χ0v) is 23.3. The minimum atomic E-state index is 1.04. The summed E-state index contributed by atoms with van der Waals surface area (Å²) in [5.74, 6) is 1.08. The molecule has 2 heteroatoms. The van der Waals surface area contributed by atoms with E-state index in [1.807, 2.05) is 0 Å². The van der Waals surface area contributed by atoms with E-state index in [1.165, 1.54) is 141 Å². The Bertz CT molecular complexity index is 429. The third-order valence-corrected chi connectivity index (χ3v) is 6.87. The molecule has 0 bridgehead atoms. The minimum absolute atomic E-state index is 1.04. The number of nitrogens with one attached hydrogen (secondary N) is 1. The largest absolute Gasteiger partial charge is 0.372 e. The molecule has 0 fully saturated rings. The maximum Gasteiger partial charge on any atom is 0.0981 e. The summed E-state index contributed by atoms with van der Waals surface area (Å²) in [5, 5.41) is 3.61. The minimum Gasteiger partial charge on any atom is -0.372 e. The molecule has 0 amide bonds. The third-order valence-electron chi connectivity index (χ3n) is 6.87. The van der Waals surface area contributed by atoms with E-state index in [0.29, 0.717) is 0 Å². The van der Waals surface area contributed by atoms with Gasteiger partial charge in [-0.2, -0.15) is 0 Å². The van der Waals surface area contributed by atoms with Gasteiger partial charge in [0.1, 0.15) is 0 Å². The fraction of sp³-hybridized carbons (Fsp3) is 0.871. The molecule has 1 N–H and O–H groups in total. The molecule has 0 aliphatic carbocycles. The highest BCUT2D eigenvalue weighted by molar-refractivity contribution is 5.06. The number of unbranched alkanes of at least 4 members (excludes halogenated alkanes) is 18. The molecule has 0 radical (unpaired) electrons. The molecule has 0 aromatic rings.